The summed E-state index contributed by atoms with van der Waals surface area (Å²) >= 11 is 0. The fourth-order valence-corrected chi connectivity index (χ4v) is 6.97. The van der Waals surface area contributed by atoms with E-state index in [0.29, 0.717) is 30.5 Å². The molecule has 122 valence electrons. The molecule has 0 aromatic heterocycles. The minimum absolute atomic E-state index is 0.00590. The number of aliphatic hydroxyl groups is 1. The highest BCUT2D eigenvalue weighted by atomic mass is 16.3. The zero-order valence-corrected chi connectivity index (χ0v) is 13.6. The van der Waals surface area contributed by atoms with Crippen LogP contribution in [0.2, 0.25) is 0 Å². The van der Waals surface area contributed by atoms with Crippen molar-refractivity contribution in [1.82, 2.24) is 0 Å². The topological polar surface area (TPSA) is 54.4 Å². The summed E-state index contributed by atoms with van der Waals surface area (Å²) in [7, 11) is 0. The quantitative estimate of drug-likeness (QED) is 0.809. The average molecular weight is 304 g/mol. The van der Waals surface area contributed by atoms with Crippen molar-refractivity contribution >= 4 is 11.6 Å². The molecule has 4 fully saturated rings. The first-order chi connectivity index (χ1) is 10.5. The van der Waals surface area contributed by atoms with Gasteiger partial charge in [-0.3, -0.25) is 9.59 Å². The molecule has 0 saturated heterocycles. The molecule has 1 unspecified atom stereocenters. The Morgan fingerprint density at radius 1 is 1.09 bits per heavy atom. The second kappa shape index (κ2) is 4.90. The lowest BCUT2D eigenvalue weighted by molar-refractivity contribution is -0.159. The molecule has 3 heteroatoms. The van der Waals surface area contributed by atoms with Crippen LogP contribution in [0.25, 0.3) is 0 Å². The van der Waals surface area contributed by atoms with Crippen molar-refractivity contribution < 1.29 is 14.7 Å². The maximum atomic E-state index is 12.8. The summed E-state index contributed by atoms with van der Waals surface area (Å²) in [6.45, 7) is 2.35. The van der Waals surface area contributed by atoms with Crippen LogP contribution in [0.3, 0.4) is 0 Å². The number of hydrogen-bond donors (Lipinski definition) is 1. The fraction of sp³-hybridized carbons (Fsp3) is 0.895. The summed E-state index contributed by atoms with van der Waals surface area (Å²) in [5.41, 5.74) is -0.342. The Balaban J connectivity index is 1.71. The third-order valence-electron chi connectivity index (χ3n) is 8.09. The molecular formula is C19H28O3. The Morgan fingerprint density at radius 3 is 2.68 bits per heavy atom. The lowest BCUT2D eigenvalue weighted by Crippen LogP contribution is -2.57. The normalized spacial score (nSPS) is 51.2. The first-order valence-electron chi connectivity index (χ1n) is 9.20. The summed E-state index contributed by atoms with van der Waals surface area (Å²) < 4.78 is 0. The first-order valence-corrected chi connectivity index (χ1v) is 9.20. The van der Waals surface area contributed by atoms with Crippen LogP contribution in [0.4, 0.5) is 0 Å². The third-order valence-corrected chi connectivity index (χ3v) is 8.09. The van der Waals surface area contributed by atoms with Crippen LogP contribution in [0.5, 0.6) is 0 Å². The molecule has 6 atom stereocenters. The first kappa shape index (κ1) is 14.9. The molecule has 4 aliphatic carbocycles. The maximum absolute atomic E-state index is 12.8. The van der Waals surface area contributed by atoms with Crippen LogP contribution in [0.15, 0.2) is 0 Å². The van der Waals surface area contributed by atoms with Gasteiger partial charge in [0, 0.05) is 18.8 Å². The highest BCUT2D eigenvalue weighted by molar-refractivity contribution is 5.88. The van der Waals surface area contributed by atoms with Crippen molar-refractivity contribution in [3.8, 4) is 0 Å². The van der Waals surface area contributed by atoms with Gasteiger partial charge in [0.25, 0.3) is 0 Å². The standard InChI is InChI=1S/C19H28O3/c1-18-8-3-2-4-15(18)16(21)10-12-13(18)7-9-19(11-20)14(12)5-6-17(19)22/h12-15,20H,2-11H2,1H3/t12-,13+,14+,15?,18-,19-/m1/s1. The van der Waals surface area contributed by atoms with Gasteiger partial charge in [0.05, 0.1) is 12.0 Å². The molecule has 4 rings (SSSR count). The van der Waals surface area contributed by atoms with E-state index in [9.17, 15) is 14.7 Å². The van der Waals surface area contributed by atoms with Crippen LogP contribution < -0.4 is 0 Å². The predicted molar refractivity (Wildman–Crippen MR) is 83.2 cm³/mol. The molecule has 0 bridgehead atoms. The van der Waals surface area contributed by atoms with Crippen molar-refractivity contribution in [2.75, 3.05) is 6.61 Å². The predicted octanol–water partition coefficient (Wildman–Crippen LogP) is 3.14. The van der Waals surface area contributed by atoms with E-state index in [2.05, 4.69) is 6.92 Å². The van der Waals surface area contributed by atoms with Crippen molar-refractivity contribution in [3.05, 3.63) is 0 Å². The van der Waals surface area contributed by atoms with Gasteiger partial charge < -0.3 is 5.11 Å². The molecule has 0 heterocycles. The highest BCUT2D eigenvalue weighted by Crippen LogP contribution is 2.64. The summed E-state index contributed by atoms with van der Waals surface area (Å²) in [6.07, 6.45) is 8.77. The van der Waals surface area contributed by atoms with E-state index in [1.165, 1.54) is 19.3 Å². The molecule has 1 N–H and O–H groups in total. The molecule has 0 amide bonds. The van der Waals surface area contributed by atoms with Gasteiger partial charge in [-0.1, -0.05) is 19.8 Å². The zero-order chi connectivity index (χ0) is 15.5. The number of ketones is 2. The summed E-state index contributed by atoms with van der Waals surface area (Å²) in [4.78, 5) is 25.2. The van der Waals surface area contributed by atoms with Gasteiger partial charge in [-0.2, -0.15) is 0 Å². The Kier molecular flexibility index (Phi) is 3.31. The van der Waals surface area contributed by atoms with Crippen LogP contribution >= 0.6 is 0 Å². The second-order valence-electron chi connectivity index (χ2n) is 8.67. The molecule has 4 aliphatic rings. The minimum Gasteiger partial charge on any atom is -0.395 e. The molecule has 0 aromatic carbocycles. The average Bonchev–Trinajstić information content (AvgIpc) is 2.85. The smallest absolute Gasteiger partial charge is 0.141 e. The number of fused-ring (bicyclic) bond motifs is 5. The number of carbonyl (C=O) groups is 2. The van der Waals surface area contributed by atoms with Crippen LogP contribution in [-0.4, -0.2) is 23.3 Å². The van der Waals surface area contributed by atoms with E-state index < -0.39 is 5.41 Å². The summed E-state index contributed by atoms with van der Waals surface area (Å²) in [5.74, 6) is 2.18. The van der Waals surface area contributed by atoms with E-state index in [1.807, 2.05) is 0 Å². The third kappa shape index (κ3) is 1.72. The van der Waals surface area contributed by atoms with E-state index in [0.717, 1.165) is 25.7 Å². The monoisotopic (exact) mass is 304 g/mol. The molecule has 3 nitrogen and oxygen atoms in total. The Labute approximate surface area is 132 Å². The molecule has 22 heavy (non-hydrogen) atoms. The Morgan fingerprint density at radius 2 is 1.91 bits per heavy atom. The van der Waals surface area contributed by atoms with E-state index >= 15 is 0 Å². The molecule has 4 saturated carbocycles. The number of aliphatic hydroxyl groups excluding tert-OH is 1. The van der Waals surface area contributed by atoms with Crippen LogP contribution in [0.1, 0.15) is 64.7 Å². The zero-order valence-electron chi connectivity index (χ0n) is 13.6. The van der Waals surface area contributed by atoms with E-state index in [-0.39, 0.29) is 29.6 Å². The number of hydrogen-bond acceptors (Lipinski definition) is 3. The second-order valence-corrected chi connectivity index (χ2v) is 8.67. The van der Waals surface area contributed by atoms with Crippen LogP contribution in [0, 0.1) is 34.5 Å². The fourth-order valence-electron chi connectivity index (χ4n) is 6.97. The van der Waals surface area contributed by atoms with Crippen LogP contribution in [-0.2, 0) is 9.59 Å². The van der Waals surface area contributed by atoms with Gasteiger partial charge in [0.1, 0.15) is 11.6 Å². The molecular weight excluding hydrogens is 276 g/mol. The lowest BCUT2D eigenvalue weighted by Gasteiger charge is -2.58. The van der Waals surface area contributed by atoms with Gasteiger partial charge in [0.2, 0.25) is 0 Å². The summed E-state index contributed by atoms with van der Waals surface area (Å²) in [5, 5.41) is 9.97. The van der Waals surface area contributed by atoms with E-state index in [1.54, 1.807) is 0 Å². The van der Waals surface area contributed by atoms with Crippen molar-refractivity contribution in [2.24, 2.45) is 34.5 Å². The minimum atomic E-state index is -0.501. The van der Waals surface area contributed by atoms with Gasteiger partial charge >= 0.3 is 0 Å². The highest BCUT2D eigenvalue weighted by Gasteiger charge is 2.62. The summed E-state index contributed by atoms with van der Waals surface area (Å²) in [6, 6.07) is 0. The van der Waals surface area contributed by atoms with Crippen molar-refractivity contribution in [3.63, 3.8) is 0 Å². The Bertz CT molecular complexity index is 513. The SMILES string of the molecule is C[C@]12CCCCC1C(=O)C[C@H]1[C@@H]3CCC(=O)[C@@]3(CO)CC[C@@H]12. The maximum Gasteiger partial charge on any atom is 0.141 e. The molecule has 0 radical (unpaired) electrons. The number of carbonyl (C=O) groups excluding carboxylic acids is 2. The van der Waals surface area contributed by atoms with Gasteiger partial charge in [-0.15, -0.1) is 0 Å². The van der Waals surface area contributed by atoms with Gasteiger partial charge in [0.15, 0.2) is 0 Å². The van der Waals surface area contributed by atoms with Gasteiger partial charge in [-0.25, -0.2) is 0 Å². The largest absolute Gasteiger partial charge is 0.395 e. The molecule has 0 aliphatic heterocycles. The molecule has 0 spiro atoms. The van der Waals surface area contributed by atoms with Gasteiger partial charge in [-0.05, 0) is 55.3 Å². The lowest BCUT2D eigenvalue weighted by atomic mass is 9.45. The number of Topliss-reactive ketones (excluding diaryl/α,β-unsaturated/α-hetero) is 2. The van der Waals surface area contributed by atoms with Crippen molar-refractivity contribution in [2.45, 2.75) is 64.7 Å². The van der Waals surface area contributed by atoms with E-state index in [4.69, 9.17) is 0 Å². The molecule has 0 aromatic rings. The van der Waals surface area contributed by atoms with Crippen molar-refractivity contribution in [1.29, 1.82) is 0 Å². The Hall–Kier alpha value is -0.700. The number of rotatable bonds is 1.